The van der Waals surface area contributed by atoms with Crippen LogP contribution in [0.2, 0.25) is 0 Å². The normalized spacial score (nSPS) is 8.56. The molecule has 4 heterocycles. The quantitative estimate of drug-likeness (QED) is 0.175. The van der Waals surface area contributed by atoms with Crippen molar-refractivity contribution in [2.75, 3.05) is 0 Å². The predicted molar refractivity (Wildman–Crippen MR) is 153 cm³/mol. The van der Waals surface area contributed by atoms with Crippen LogP contribution in [0.15, 0.2) is 85.6 Å². The zero-order chi connectivity index (χ0) is 27.0. The fourth-order valence-electron chi connectivity index (χ4n) is 2.52. The van der Waals surface area contributed by atoms with E-state index < -0.39 is 0 Å². The molecule has 194 valence electrons. The van der Waals surface area contributed by atoms with E-state index in [1.807, 2.05) is 116 Å². The summed E-state index contributed by atoms with van der Waals surface area (Å²) >= 11 is 0. The van der Waals surface area contributed by atoms with Crippen molar-refractivity contribution >= 4 is 21.9 Å². The molecular weight excluding hydrogens is 448 g/mol. The molecule has 0 atom stereocenters. The molecule has 0 amide bonds. The molecule has 36 heavy (non-hydrogen) atoms. The number of benzene rings is 2. The second-order valence-electron chi connectivity index (χ2n) is 6.24. The highest BCUT2D eigenvalue weighted by Crippen LogP contribution is 2.08. The van der Waals surface area contributed by atoms with Gasteiger partial charge in [-0.3, -0.25) is 10.2 Å². The molecule has 6 aromatic rings. The number of imidazole rings is 2. The molecule has 8 nitrogen and oxygen atoms in total. The smallest absolute Gasteiger partial charge is 0.104 e. The van der Waals surface area contributed by atoms with Gasteiger partial charge in [0.15, 0.2) is 0 Å². The fourth-order valence-corrected chi connectivity index (χ4v) is 2.52. The number of nitrogens with zero attached hydrogens (tertiary/aromatic N) is 4. The summed E-state index contributed by atoms with van der Waals surface area (Å²) in [5, 5.41) is 14.1. The Labute approximate surface area is 215 Å². The van der Waals surface area contributed by atoms with E-state index in [0.717, 1.165) is 33.6 Å². The first-order valence-corrected chi connectivity index (χ1v) is 12.4. The number of aromatic nitrogens is 8. The summed E-state index contributed by atoms with van der Waals surface area (Å²) in [6, 6.07) is 17.9. The maximum absolute atomic E-state index is 4.26. The van der Waals surface area contributed by atoms with Gasteiger partial charge in [-0.05, 0) is 38.1 Å². The molecule has 0 bridgehead atoms. The van der Waals surface area contributed by atoms with Gasteiger partial charge in [0.2, 0.25) is 0 Å². The van der Waals surface area contributed by atoms with Crippen molar-refractivity contribution in [1.82, 2.24) is 40.3 Å². The molecule has 2 aromatic carbocycles. The number of fused-ring (bicyclic) bond motifs is 2. The molecule has 6 rings (SSSR count). The van der Waals surface area contributed by atoms with Gasteiger partial charge in [-0.25, -0.2) is 9.97 Å². The summed E-state index contributed by atoms with van der Waals surface area (Å²) in [5.41, 5.74) is 3.25. The zero-order valence-electron chi connectivity index (χ0n) is 22.9. The van der Waals surface area contributed by atoms with Crippen LogP contribution in [0.5, 0.6) is 0 Å². The van der Waals surface area contributed by atoms with Crippen LogP contribution in [0.25, 0.3) is 21.9 Å². The Morgan fingerprint density at radius 2 is 1.31 bits per heavy atom. The van der Waals surface area contributed by atoms with Gasteiger partial charge < -0.3 is 9.97 Å². The Hall–Kier alpha value is -4.20. The van der Waals surface area contributed by atoms with Gasteiger partial charge in [-0.2, -0.15) is 10.2 Å². The first-order chi connectivity index (χ1) is 17.7. The minimum absolute atomic E-state index is 0.968. The van der Waals surface area contributed by atoms with Gasteiger partial charge in [0, 0.05) is 30.2 Å². The fraction of sp³-hybridized carbons (Fsp3) is 0.286. The van der Waals surface area contributed by atoms with Crippen LogP contribution in [0.4, 0.5) is 0 Å². The topological polar surface area (TPSA) is 115 Å². The van der Waals surface area contributed by atoms with E-state index >= 15 is 0 Å². The number of nitrogens with one attached hydrogen (secondary N) is 4. The highest BCUT2D eigenvalue weighted by molar-refractivity contribution is 5.77. The summed E-state index contributed by atoms with van der Waals surface area (Å²) in [4.78, 5) is 14.2. The van der Waals surface area contributed by atoms with E-state index in [9.17, 15) is 0 Å². The van der Waals surface area contributed by atoms with E-state index in [-0.39, 0.29) is 0 Å². The lowest BCUT2D eigenvalue weighted by Crippen LogP contribution is -1.68. The van der Waals surface area contributed by atoms with Crippen LogP contribution in [0, 0.1) is 13.8 Å². The summed E-state index contributed by atoms with van der Waals surface area (Å²) in [6.45, 7) is 15.9. The number of hydrogen-bond donors (Lipinski definition) is 4. The van der Waals surface area contributed by atoms with Crippen molar-refractivity contribution in [1.29, 1.82) is 0 Å². The minimum Gasteiger partial charge on any atom is -0.349 e. The zero-order valence-corrected chi connectivity index (χ0v) is 22.9. The van der Waals surface area contributed by atoms with Crippen molar-refractivity contribution in [2.45, 2.75) is 55.4 Å². The van der Waals surface area contributed by atoms with Gasteiger partial charge in [0.25, 0.3) is 0 Å². The Balaban J connectivity index is 0.000000435. The monoisotopic (exact) mass is 490 g/mol. The third-order valence-corrected chi connectivity index (χ3v) is 3.90. The average Bonchev–Trinajstić information content (AvgIpc) is 3.77. The molecule has 0 saturated heterocycles. The van der Waals surface area contributed by atoms with E-state index in [0.29, 0.717) is 0 Å². The molecule has 0 saturated carbocycles. The van der Waals surface area contributed by atoms with Crippen LogP contribution in [0.3, 0.4) is 0 Å². The molecular formula is C28H42N8. The molecule has 4 N–H and O–H groups in total. The molecule has 0 spiro atoms. The first kappa shape index (κ1) is 31.8. The standard InChI is InChI=1S/C8H8N2.C7H6N2.C4H6N2.C3H4N2.3C2H6/c1-6-9-7-4-2-3-5-8(7)10-6;1-2-4-7-6(3-1)5-8-9-7;1-4-5-2-3-6-4;1-2-4-5-3-1;3*1-2/h2-5H,1H3,(H,9,10);1-5H,(H,8,9);2-3H,1H3,(H,5,6);1-3H,(H,4,5);3*1-2H3. The maximum atomic E-state index is 4.26. The van der Waals surface area contributed by atoms with E-state index in [1.54, 1.807) is 24.8 Å². The van der Waals surface area contributed by atoms with Crippen LogP contribution in [0.1, 0.15) is 53.2 Å². The number of aryl methyl sites for hydroxylation is 2. The molecule has 0 aliphatic carbocycles. The van der Waals surface area contributed by atoms with E-state index in [1.165, 1.54) is 0 Å². The number of rotatable bonds is 0. The summed E-state index contributed by atoms with van der Waals surface area (Å²) in [7, 11) is 0. The first-order valence-electron chi connectivity index (χ1n) is 12.4. The Morgan fingerprint density at radius 3 is 1.78 bits per heavy atom. The lowest BCUT2D eigenvalue weighted by Gasteiger charge is -1.81. The number of para-hydroxylation sites is 3. The molecule has 8 heteroatoms. The van der Waals surface area contributed by atoms with Crippen LogP contribution in [-0.2, 0) is 0 Å². The molecule has 4 aromatic heterocycles. The third kappa shape index (κ3) is 12.9. The highest BCUT2D eigenvalue weighted by atomic mass is 15.1. The molecule has 0 radical (unpaired) electrons. The lowest BCUT2D eigenvalue weighted by molar-refractivity contribution is 1.09. The third-order valence-electron chi connectivity index (χ3n) is 3.90. The predicted octanol–water partition coefficient (Wildman–Crippen LogP) is 7.64. The maximum Gasteiger partial charge on any atom is 0.104 e. The van der Waals surface area contributed by atoms with Gasteiger partial charge >= 0.3 is 0 Å². The van der Waals surface area contributed by atoms with Crippen molar-refractivity contribution in [3.63, 3.8) is 0 Å². The van der Waals surface area contributed by atoms with E-state index in [4.69, 9.17) is 0 Å². The second-order valence-corrected chi connectivity index (χ2v) is 6.24. The van der Waals surface area contributed by atoms with Crippen LogP contribution < -0.4 is 0 Å². The number of aromatic amines is 4. The Bertz CT molecular complexity index is 1140. The molecule has 0 fully saturated rings. The Kier molecular flexibility index (Phi) is 18.9. The van der Waals surface area contributed by atoms with Crippen molar-refractivity contribution in [2.24, 2.45) is 0 Å². The summed E-state index contributed by atoms with van der Waals surface area (Å²) in [6.07, 6.45) is 8.81. The second kappa shape index (κ2) is 21.3. The van der Waals surface area contributed by atoms with Gasteiger partial charge in [-0.15, -0.1) is 0 Å². The number of H-pyrrole nitrogens is 4. The van der Waals surface area contributed by atoms with Gasteiger partial charge in [0.05, 0.1) is 22.7 Å². The SMILES string of the molecule is CC.CC.CC.Cc1nc2ccccc2[nH]1.Cc1ncc[nH]1.c1ccc2[nH]ncc2c1.c1cn[nH]c1. The average molecular weight is 491 g/mol. The highest BCUT2D eigenvalue weighted by Gasteiger charge is 1.94. The van der Waals surface area contributed by atoms with Gasteiger partial charge in [0.1, 0.15) is 11.6 Å². The summed E-state index contributed by atoms with van der Waals surface area (Å²) in [5.74, 6) is 1.94. The molecule has 0 unspecified atom stereocenters. The lowest BCUT2D eigenvalue weighted by atomic mass is 10.3. The van der Waals surface area contributed by atoms with Crippen LogP contribution >= 0.6 is 0 Å². The number of hydrogen-bond acceptors (Lipinski definition) is 4. The Morgan fingerprint density at radius 1 is 0.639 bits per heavy atom. The minimum atomic E-state index is 0.968. The summed E-state index contributed by atoms with van der Waals surface area (Å²) < 4.78 is 0. The molecule has 0 aliphatic heterocycles. The van der Waals surface area contributed by atoms with E-state index in [2.05, 4.69) is 40.3 Å². The van der Waals surface area contributed by atoms with Crippen molar-refractivity contribution < 1.29 is 0 Å². The van der Waals surface area contributed by atoms with Crippen LogP contribution in [-0.4, -0.2) is 40.3 Å². The largest absolute Gasteiger partial charge is 0.349 e. The molecule has 0 aliphatic rings. The van der Waals surface area contributed by atoms with Gasteiger partial charge in [-0.1, -0.05) is 71.9 Å². The van der Waals surface area contributed by atoms with Crippen molar-refractivity contribution in [3.05, 3.63) is 97.2 Å². The van der Waals surface area contributed by atoms with Crippen molar-refractivity contribution in [3.8, 4) is 0 Å².